The summed E-state index contributed by atoms with van der Waals surface area (Å²) in [6, 6.07) is 6.67. The Hall–Kier alpha value is -3.18. The number of pyridine rings is 1. The maximum atomic E-state index is 14.1. The maximum absolute atomic E-state index is 14.1. The number of benzene rings is 1. The molecular weight excluding hydrogens is 504 g/mol. The zero-order valence-electron chi connectivity index (χ0n) is 19.1. The van der Waals surface area contributed by atoms with Gasteiger partial charge in [0, 0.05) is 30.2 Å². The highest BCUT2D eigenvalue weighted by molar-refractivity contribution is 6.30. The Kier molecular flexibility index (Phi) is 7.51. The highest BCUT2D eigenvalue weighted by Gasteiger charge is 2.36. The number of carbonyl (C=O) groups excluding carboxylic acids is 2. The van der Waals surface area contributed by atoms with Crippen LogP contribution in [0.2, 0.25) is 5.02 Å². The van der Waals surface area contributed by atoms with E-state index < -0.39 is 42.6 Å². The van der Waals surface area contributed by atoms with Gasteiger partial charge in [-0.2, -0.15) is 13.2 Å². The van der Waals surface area contributed by atoms with Crippen LogP contribution in [0.3, 0.4) is 0 Å². The van der Waals surface area contributed by atoms with Crippen LogP contribution < -0.4 is 5.32 Å². The zero-order chi connectivity index (χ0) is 26.0. The molecule has 3 aromatic rings. The predicted octanol–water partition coefficient (Wildman–Crippen LogP) is 4.21. The number of aromatic nitrogens is 2. The van der Waals surface area contributed by atoms with Crippen LogP contribution in [-0.2, 0) is 9.53 Å². The van der Waals surface area contributed by atoms with Crippen LogP contribution in [0.15, 0.2) is 49.1 Å². The minimum atomic E-state index is -4.59. The van der Waals surface area contributed by atoms with Gasteiger partial charge in [0.05, 0.1) is 29.6 Å². The standard InChI is InChI=1S/C24H23ClF4N4O3/c1-14(36-12-24(27,28)29)22(34)31-20-11-32(6-4-18(20)15-7-16(25)9-17(26)8-15)23(35)19-3-2-5-33-13-30-10-21(19)33/h2-3,5,7-10,13-14,18,20H,4,6,11-12H2,1H3,(H,31,34)/t14-,18+,20-/m1/s1. The fourth-order valence-corrected chi connectivity index (χ4v) is 4.60. The lowest BCUT2D eigenvalue weighted by molar-refractivity contribution is -0.186. The van der Waals surface area contributed by atoms with Gasteiger partial charge in [0.25, 0.3) is 5.91 Å². The van der Waals surface area contributed by atoms with Gasteiger partial charge in [-0.3, -0.25) is 9.59 Å². The van der Waals surface area contributed by atoms with E-state index in [1.54, 1.807) is 46.2 Å². The van der Waals surface area contributed by atoms with E-state index in [1.807, 2.05) is 0 Å². The van der Waals surface area contributed by atoms with E-state index in [-0.39, 0.29) is 17.5 Å². The van der Waals surface area contributed by atoms with Crippen molar-refractivity contribution in [1.82, 2.24) is 19.6 Å². The summed E-state index contributed by atoms with van der Waals surface area (Å²) in [7, 11) is 0. The molecule has 12 heteroatoms. The summed E-state index contributed by atoms with van der Waals surface area (Å²) in [6.45, 7) is -0.0137. The van der Waals surface area contributed by atoms with Gasteiger partial charge >= 0.3 is 6.18 Å². The fraction of sp³-hybridized carbons (Fsp3) is 0.375. The lowest BCUT2D eigenvalue weighted by Crippen LogP contribution is -2.55. The molecule has 0 bridgehead atoms. The SMILES string of the molecule is C[C@@H](OCC(F)(F)F)C(=O)N[C@@H]1CN(C(=O)c2cccn3cncc23)CC[C@H]1c1cc(F)cc(Cl)c1. The molecule has 1 aromatic carbocycles. The van der Waals surface area contributed by atoms with Gasteiger partial charge < -0.3 is 19.4 Å². The van der Waals surface area contributed by atoms with Crippen LogP contribution in [0.5, 0.6) is 0 Å². The number of fused-ring (bicyclic) bond motifs is 1. The molecule has 1 N–H and O–H groups in total. The van der Waals surface area contributed by atoms with Crippen LogP contribution in [0, 0.1) is 5.82 Å². The smallest absolute Gasteiger partial charge is 0.359 e. The molecule has 2 amide bonds. The molecule has 36 heavy (non-hydrogen) atoms. The second-order valence-corrected chi connectivity index (χ2v) is 9.08. The van der Waals surface area contributed by atoms with Crippen LogP contribution >= 0.6 is 11.6 Å². The number of hydrogen-bond acceptors (Lipinski definition) is 4. The first-order valence-electron chi connectivity index (χ1n) is 11.2. The summed E-state index contributed by atoms with van der Waals surface area (Å²) in [6.07, 6.45) is -0.737. The topological polar surface area (TPSA) is 75.9 Å². The molecule has 0 unspecified atom stereocenters. The molecule has 3 atom stereocenters. The van der Waals surface area contributed by atoms with E-state index in [4.69, 9.17) is 11.6 Å². The molecule has 192 valence electrons. The molecule has 1 saturated heterocycles. The summed E-state index contributed by atoms with van der Waals surface area (Å²) >= 11 is 6.03. The number of imidazole rings is 1. The number of likely N-dealkylation sites (tertiary alicyclic amines) is 1. The number of halogens is 5. The molecule has 0 spiro atoms. The van der Waals surface area contributed by atoms with Crippen molar-refractivity contribution < 1.29 is 31.9 Å². The Morgan fingerprint density at radius 1 is 1.31 bits per heavy atom. The average molecular weight is 527 g/mol. The summed E-state index contributed by atoms with van der Waals surface area (Å²) in [5.74, 6) is -2.07. The number of rotatable bonds is 6. The Labute approximate surface area is 209 Å². The third-order valence-corrected chi connectivity index (χ3v) is 6.31. The predicted molar refractivity (Wildman–Crippen MR) is 123 cm³/mol. The number of carbonyl (C=O) groups is 2. The van der Waals surface area contributed by atoms with Crippen molar-refractivity contribution in [2.45, 2.75) is 37.6 Å². The van der Waals surface area contributed by atoms with Crippen LogP contribution in [-0.4, -0.2) is 64.1 Å². The van der Waals surface area contributed by atoms with Gasteiger partial charge in [0.2, 0.25) is 5.91 Å². The van der Waals surface area contributed by atoms with E-state index in [9.17, 15) is 27.2 Å². The molecule has 0 saturated carbocycles. The normalized spacial score (nSPS) is 19.3. The summed E-state index contributed by atoms with van der Waals surface area (Å²) in [5, 5.41) is 2.87. The Morgan fingerprint density at radius 3 is 2.81 bits per heavy atom. The minimum absolute atomic E-state index is 0.0462. The van der Waals surface area contributed by atoms with Crippen molar-refractivity contribution in [2.75, 3.05) is 19.7 Å². The second kappa shape index (κ2) is 10.4. The number of amides is 2. The summed E-state index contributed by atoms with van der Waals surface area (Å²) in [4.78, 5) is 31.7. The molecule has 1 aliphatic rings. The lowest BCUT2D eigenvalue weighted by atomic mass is 9.84. The van der Waals surface area contributed by atoms with Crippen molar-refractivity contribution in [3.05, 3.63) is 71.0 Å². The van der Waals surface area contributed by atoms with Crippen molar-refractivity contribution in [3.8, 4) is 0 Å². The van der Waals surface area contributed by atoms with Crippen molar-refractivity contribution in [3.63, 3.8) is 0 Å². The van der Waals surface area contributed by atoms with E-state index in [1.165, 1.54) is 13.0 Å². The van der Waals surface area contributed by atoms with Crippen LogP contribution in [0.4, 0.5) is 17.6 Å². The zero-order valence-corrected chi connectivity index (χ0v) is 19.9. The molecule has 1 aliphatic heterocycles. The molecule has 0 radical (unpaired) electrons. The van der Waals surface area contributed by atoms with Gasteiger partial charge in [0.15, 0.2) is 0 Å². The lowest BCUT2D eigenvalue weighted by Gasteiger charge is -2.39. The maximum Gasteiger partial charge on any atom is 0.411 e. The molecule has 7 nitrogen and oxygen atoms in total. The van der Waals surface area contributed by atoms with Crippen LogP contribution in [0.1, 0.15) is 35.2 Å². The van der Waals surface area contributed by atoms with E-state index in [0.717, 1.165) is 6.07 Å². The number of alkyl halides is 3. The van der Waals surface area contributed by atoms with Crippen molar-refractivity contribution >= 4 is 28.9 Å². The number of nitrogens with zero attached hydrogens (tertiary/aromatic N) is 3. The quantitative estimate of drug-likeness (QED) is 0.488. The molecule has 4 rings (SSSR count). The van der Waals surface area contributed by atoms with Gasteiger partial charge in [0.1, 0.15) is 18.5 Å². The molecule has 0 aliphatic carbocycles. The van der Waals surface area contributed by atoms with Gasteiger partial charge in [-0.25, -0.2) is 9.37 Å². The average Bonchev–Trinajstić information content (AvgIpc) is 3.30. The minimum Gasteiger partial charge on any atom is -0.359 e. The van der Waals surface area contributed by atoms with Gasteiger partial charge in [-0.15, -0.1) is 0 Å². The number of hydrogen-bond donors (Lipinski definition) is 1. The highest BCUT2D eigenvalue weighted by Crippen LogP contribution is 2.32. The first kappa shape index (κ1) is 25.9. The largest absolute Gasteiger partial charge is 0.411 e. The first-order valence-corrected chi connectivity index (χ1v) is 11.5. The van der Waals surface area contributed by atoms with Gasteiger partial charge in [-0.1, -0.05) is 11.6 Å². The Balaban J connectivity index is 1.57. The first-order chi connectivity index (χ1) is 17.0. The van der Waals surface area contributed by atoms with Crippen molar-refractivity contribution in [1.29, 1.82) is 0 Å². The second-order valence-electron chi connectivity index (χ2n) is 8.64. The number of piperidine rings is 1. The van der Waals surface area contributed by atoms with E-state index in [0.29, 0.717) is 29.6 Å². The molecule has 3 heterocycles. The third kappa shape index (κ3) is 5.96. The number of ether oxygens (including phenoxy) is 1. The molecular formula is C24H23ClF4N4O3. The highest BCUT2D eigenvalue weighted by atomic mass is 35.5. The molecule has 1 fully saturated rings. The fourth-order valence-electron chi connectivity index (χ4n) is 4.37. The van der Waals surface area contributed by atoms with E-state index >= 15 is 0 Å². The van der Waals surface area contributed by atoms with Gasteiger partial charge in [-0.05, 0) is 49.2 Å². The summed E-state index contributed by atoms with van der Waals surface area (Å²) in [5.41, 5.74) is 1.53. The Bertz CT molecular complexity index is 1250. The van der Waals surface area contributed by atoms with Crippen molar-refractivity contribution in [2.24, 2.45) is 0 Å². The third-order valence-electron chi connectivity index (χ3n) is 6.09. The monoisotopic (exact) mass is 526 g/mol. The molecule has 2 aromatic heterocycles. The Morgan fingerprint density at radius 2 is 2.08 bits per heavy atom. The number of nitrogens with one attached hydrogen (secondary N) is 1. The summed E-state index contributed by atoms with van der Waals surface area (Å²) < 4.78 is 58.0. The van der Waals surface area contributed by atoms with Crippen LogP contribution in [0.25, 0.3) is 5.52 Å². The van der Waals surface area contributed by atoms with E-state index in [2.05, 4.69) is 15.0 Å².